The van der Waals surface area contributed by atoms with Crippen LogP contribution in [0.3, 0.4) is 0 Å². The molecule has 152 valence electrons. The molecule has 0 spiro atoms. The van der Waals surface area contributed by atoms with Crippen LogP contribution in [0, 0.1) is 15.9 Å². The second kappa shape index (κ2) is 7.29. The first-order valence-electron chi connectivity index (χ1n) is 9.40. The summed E-state index contributed by atoms with van der Waals surface area (Å²) in [6.45, 7) is -0.554. The molecule has 4 rings (SSSR count). The number of aldehydes is 1. The molecule has 0 aromatic heterocycles. The van der Waals surface area contributed by atoms with Crippen LogP contribution >= 0.6 is 0 Å². The van der Waals surface area contributed by atoms with Crippen molar-refractivity contribution in [1.82, 2.24) is 4.90 Å². The van der Waals surface area contributed by atoms with Gasteiger partial charge in [-0.25, -0.2) is 4.39 Å². The smallest absolute Gasteiger partial charge is 0.234 e. The predicted octanol–water partition coefficient (Wildman–Crippen LogP) is 2.10. The second-order valence-corrected chi connectivity index (χ2v) is 7.74. The summed E-state index contributed by atoms with van der Waals surface area (Å²) in [6.07, 6.45) is 1.07. The van der Waals surface area contributed by atoms with Gasteiger partial charge < -0.3 is 9.84 Å². The van der Waals surface area contributed by atoms with E-state index in [1.807, 2.05) is 29.2 Å². The lowest BCUT2D eigenvalue weighted by molar-refractivity contribution is -0.500. The van der Waals surface area contributed by atoms with E-state index >= 15 is 0 Å². The van der Waals surface area contributed by atoms with E-state index < -0.39 is 28.8 Å². The van der Waals surface area contributed by atoms with Gasteiger partial charge in [-0.3, -0.25) is 19.8 Å². The summed E-state index contributed by atoms with van der Waals surface area (Å²) >= 11 is 0. The quantitative estimate of drug-likeness (QED) is 0.469. The second-order valence-electron chi connectivity index (χ2n) is 7.74. The Morgan fingerprint density at radius 1 is 1.28 bits per heavy atom. The van der Waals surface area contributed by atoms with Gasteiger partial charge in [-0.1, -0.05) is 36.4 Å². The Kier molecular flexibility index (Phi) is 4.94. The van der Waals surface area contributed by atoms with Gasteiger partial charge in [0, 0.05) is 17.9 Å². The highest BCUT2D eigenvalue weighted by atomic mass is 19.1. The minimum absolute atomic E-state index is 0.204. The number of nitro groups is 1. The number of halogens is 1. The summed E-state index contributed by atoms with van der Waals surface area (Å²) in [5, 5.41) is 21.6. The van der Waals surface area contributed by atoms with Crippen molar-refractivity contribution in [2.24, 2.45) is 0 Å². The lowest BCUT2D eigenvalue weighted by Gasteiger charge is -2.45. The Balaban J connectivity index is 1.78. The van der Waals surface area contributed by atoms with Crippen molar-refractivity contribution in [2.75, 3.05) is 19.7 Å². The van der Waals surface area contributed by atoms with Crippen molar-refractivity contribution in [3.63, 3.8) is 0 Å². The molecule has 1 saturated heterocycles. The number of fused-ring (bicyclic) bond motifs is 1. The Labute approximate surface area is 166 Å². The lowest BCUT2D eigenvalue weighted by atomic mass is 9.85. The van der Waals surface area contributed by atoms with E-state index in [2.05, 4.69) is 0 Å². The molecule has 2 aromatic rings. The zero-order valence-corrected chi connectivity index (χ0v) is 15.7. The zero-order valence-electron chi connectivity index (χ0n) is 15.7. The fourth-order valence-electron chi connectivity index (χ4n) is 4.48. The van der Waals surface area contributed by atoms with Crippen molar-refractivity contribution in [1.29, 1.82) is 0 Å². The van der Waals surface area contributed by atoms with Crippen LogP contribution in [0.1, 0.15) is 29.2 Å². The minimum Gasteiger partial charge on any atom is -0.380 e. The highest BCUT2D eigenvalue weighted by Crippen LogP contribution is 2.44. The van der Waals surface area contributed by atoms with Gasteiger partial charge in [-0.05, 0) is 35.2 Å². The average Bonchev–Trinajstić information content (AvgIpc) is 3.05. The Bertz CT molecular complexity index is 937. The molecular formula is C21H21FN2O5. The maximum absolute atomic E-state index is 13.5. The number of hydrogen-bond donors (Lipinski definition) is 1. The molecule has 2 aromatic carbocycles. The number of nitrogens with zero attached hydrogens (tertiary/aromatic N) is 2. The maximum Gasteiger partial charge on any atom is 0.234 e. The first-order chi connectivity index (χ1) is 13.9. The molecule has 0 aliphatic carbocycles. The van der Waals surface area contributed by atoms with Crippen LogP contribution in [0.25, 0.3) is 0 Å². The fourth-order valence-corrected chi connectivity index (χ4v) is 4.48. The molecule has 3 atom stereocenters. The minimum atomic E-state index is -1.73. The molecule has 2 heterocycles. The third kappa shape index (κ3) is 3.55. The number of benzene rings is 2. The van der Waals surface area contributed by atoms with Crippen molar-refractivity contribution in [3.8, 4) is 0 Å². The van der Waals surface area contributed by atoms with Gasteiger partial charge in [-0.15, -0.1) is 0 Å². The predicted molar refractivity (Wildman–Crippen MR) is 101 cm³/mol. The van der Waals surface area contributed by atoms with E-state index in [1.54, 1.807) is 12.1 Å². The third-order valence-corrected chi connectivity index (χ3v) is 5.74. The molecule has 0 amide bonds. The SMILES string of the molecule is O=C[C@]1(N2CCc3ccccc3[C@@H]2c2ccc(F)cc2)C[C@](O)(C[N+](=O)[O-])CO1. The number of carbonyl (C=O) groups excluding carboxylic acids is 1. The number of hydrogen-bond acceptors (Lipinski definition) is 6. The van der Waals surface area contributed by atoms with E-state index in [1.165, 1.54) is 12.1 Å². The van der Waals surface area contributed by atoms with Crippen LogP contribution in [-0.2, 0) is 16.0 Å². The Morgan fingerprint density at radius 2 is 2.00 bits per heavy atom. The largest absolute Gasteiger partial charge is 0.380 e. The number of aliphatic hydroxyl groups is 1. The summed E-state index contributed by atoms with van der Waals surface area (Å²) in [4.78, 5) is 24.4. The molecule has 8 heteroatoms. The zero-order chi connectivity index (χ0) is 20.6. The molecule has 1 fully saturated rings. The Hall–Kier alpha value is -2.68. The molecule has 0 saturated carbocycles. The topological polar surface area (TPSA) is 92.9 Å². The van der Waals surface area contributed by atoms with E-state index in [4.69, 9.17) is 4.74 Å². The van der Waals surface area contributed by atoms with Crippen LogP contribution in [0.15, 0.2) is 48.5 Å². The number of ether oxygens (including phenoxy) is 1. The van der Waals surface area contributed by atoms with Crippen LogP contribution < -0.4 is 0 Å². The molecule has 1 N–H and O–H groups in total. The normalized spacial score (nSPS) is 29.4. The maximum atomic E-state index is 13.5. The van der Waals surface area contributed by atoms with Gasteiger partial charge in [-0.2, -0.15) is 0 Å². The first-order valence-corrected chi connectivity index (χ1v) is 9.40. The third-order valence-electron chi connectivity index (χ3n) is 5.74. The lowest BCUT2D eigenvalue weighted by Crippen LogP contribution is -2.55. The van der Waals surface area contributed by atoms with Gasteiger partial charge in [0.2, 0.25) is 6.54 Å². The number of carbonyl (C=O) groups is 1. The first kappa shape index (κ1) is 19.6. The summed E-state index contributed by atoms with van der Waals surface area (Å²) in [7, 11) is 0. The van der Waals surface area contributed by atoms with Gasteiger partial charge in [0.15, 0.2) is 17.6 Å². The van der Waals surface area contributed by atoms with Crippen molar-refractivity contribution < 1.29 is 24.0 Å². The van der Waals surface area contributed by atoms with Gasteiger partial charge in [0.25, 0.3) is 0 Å². The summed E-state index contributed by atoms with van der Waals surface area (Å²) in [5.74, 6) is -0.369. The molecule has 0 bridgehead atoms. The standard InChI is InChI=1S/C21H21FN2O5/c22-17-7-5-16(6-8-17)19-18-4-2-1-3-15(18)9-10-23(19)21(13-25)11-20(26,14-29-21)12-24(27)28/h1-8,13,19,26H,9-12,14H2/t19-,20-,21-/m0/s1. The summed E-state index contributed by atoms with van der Waals surface area (Å²) < 4.78 is 19.3. The van der Waals surface area contributed by atoms with Crippen LogP contribution in [0.5, 0.6) is 0 Å². The van der Waals surface area contributed by atoms with Gasteiger partial charge in [0.05, 0.1) is 12.6 Å². The van der Waals surface area contributed by atoms with Crippen LogP contribution in [-0.4, -0.2) is 52.2 Å². The molecule has 2 aliphatic rings. The summed E-state index contributed by atoms with van der Waals surface area (Å²) in [6, 6.07) is 13.4. The van der Waals surface area contributed by atoms with Gasteiger partial charge >= 0.3 is 0 Å². The van der Waals surface area contributed by atoms with Crippen molar-refractivity contribution in [2.45, 2.75) is 30.2 Å². The van der Waals surface area contributed by atoms with E-state index in [0.29, 0.717) is 19.3 Å². The average molecular weight is 400 g/mol. The molecule has 7 nitrogen and oxygen atoms in total. The van der Waals surface area contributed by atoms with Crippen LogP contribution in [0.4, 0.5) is 4.39 Å². The molecule has 0 radical (unpaired) electrons. The monoisotopic (exact) mass is 400 g/mol. The number of rotatable bonds is 5. The molecule has 29 heavy (non-hydrogen) atoms. The highest BCUT2D eigenvalue weighted by Gasteiger charge is 2.56. The highest BCUT2D eigenvalue weighted by molar-refractivity contribution is 5.64. The van der Waals surface area contributed by atoms with Crippen LogP contribution in [0.2, 0.25) is 0 Å². The van der Waals surface area contributed by atoms with E-state index in [9.17, 15) is 24.4 Å². The molecular weight excluding hydrogens is 379 g/mol. The molecule has 2 aliphatic heterocycles. The van der Waals surface area contributed by atoms with Crippen molar-refractivity contribution >= 4 is 6.29 Å². The van der Waals surface area contributed by atoms with E-state index in [-0.39, 0.29) is 18.8 Å². The Morgan fingerprint density at radius 3 is 2.69 bits per heavy atom. The fraction of sp³-hybridized carbons (Fsp3) is 0.381. The van der Waals surface area contributed by atoms with Gasteiger partial charge in [0.1, 0.15) is 5.82 Å². The molecule has 0 unspecified atom stereocenters. The van der Waals surface area contributed by atoms with Crippen molar-refractivity contribution in [3.05, 3.63) is 81.2 Å². The van der Waals surface area contributed by atoms with E-state index in [0.717, 1.165) is 16.7 Å². The summed E-state index contributed by atoms with van der Waals surface area (Å²) in [5.41, 5.74) is -0.392.